The second-order valence-electron chi connectivity index (χ2n) is 4.05. The van der Waals surface area contributed by atoms with Gasteiger partial charge in [0.2, 0.25) is 5.91 Å². The summed E-state index contributed by atoms with van der Waals surface area (Å²) in [6.45, 7) is 5.25. The summed E-state index contributed by atoms with van der Waals surface area (Å²) < 4.78 is 1.69. The van der Waals surface area contributed by atoms with E-state index in [0.29, 0.717) is 13.0 Å². The van der Waals surface area contributed by atoms with Crippen LogP contribution >= 0.6 is 0 Å². The van der Waals surface area contributed by atoms with Gasteiger partial charge in [-0.2, -0.15) is 5.10 Å². The highest BCUT2D eigenvalue weighted by Gasteiger charge is 2.22. The Bertz CT molecular complexity index is 337. The molecule has 2 rings (SSSR count). The molecule has 1 aromatic heterocycles. The molecule has 1 unspecified atom stereocenters. The van der Waals surface area contributed by atoms with Crippen LogP contribution in [0.4, 0.5) is 0 Å². The highest BCUT2D eigenvalue weighted by molar-refractivity contribution is 5.76. The summed E-state index contributed by atoms with van der Waals surface area (Å²) in [5.41, 5.74) is 0. The molecule has 1 saturated heterocycles. The van der Waals surface area contributed by atoms with Gasteiger partial charge >= 0.3 is 0 Å². The highest BCUT2D eigenvalue weighted by atomic mass is 16.2. The van der Waals surface area contributed by atoms with Gasteiger partial charge in [-0.3, -0.25) is 9.48 Å². The van der Waals surface area contributed by atoms with E-state index in [9.17, 15) is 4.79 Å². The number of amides is 1. The van der Waals surface area contributed by atoms with Gasteiger partial charge in [-0.05, 0) is 6.92 Å². The highest BCUT2D eigenvalue weighted by Crippen LogP contribution is 2.05. The number of carbonyl (C=O) groups excluding carboxylic acids is 1. The maximum absolute atomic E-state index is 11.9. The van der Waals surface area contributed by atoms with Gasteiger partial charge in [0.25, 0.3) is 0 Å². The Hall–Kier alpha value is -1.43. The lowest BCUT2D eigenvalue weighted by Crippen LogP contribution is -2.52. The van der Waals surface area contributed by atoms with E-state index in [1.54, 1.807) is 11.0 Å². The Morgan fingerprint density at radius 2 is 2.50 bits per heavy atom. The monoisotopic (exact) mass is 223 g/mol. The number of carbonyl (C=O) groups is 1. The minimum absolute atomic E-state index is 0.199. The number of rotatable bonds is 3. The van der Waals surface area contributed by atoms with Crippen molar-refractivity contribution in [2.75, 3.05) is 19.6 Å². The van der Waals surface area contributed by atoms with E-state index < -0.39 is 0 Å². The lowest BCUT2D eigenvalue weighted by atomic mass is 10.2. The topological polar surface area (TPSA) is 63.1 Å². The second kappa shape index (κ2) is 5.07. The van der Waals surface area contributed by atoms with Crippen molar-refractivity contribution in [3.8, 4) is 0 Å². The molecule has 16 heavy (non-hydrogen) atoms. The molecule has 6 nitrogen and oxygen atoms in total. The number of aromatic nitrogens is 3. The predicted molar refractivity (Wildman–Crippen MR) is 58.7 cm³/mol. The third-order valence-electron chi connectivity index (χ3n) is 2.84. The lowest BCUT2D eigenvalue weighted by molar-refractivity contribution is -0.134. The van der Waals surface area contributed by atoms with Crippen LogP contribution in [0.3, 0.4) is 0 Å². The van der Waals surface area contributed by atoms with Crippen LogP contribution in [-0.4, -0.2) is 51.2 Å². The number of aryl methyl sites for hydroxylation is 1. The van der Waals surface area contributed by atoms with E-state index in [2.05, 4.69) is 22.3 Å². The first-order chi connectivity index (χ1) is 7.77. The lowest BCUT2D eigenvalue weighted by Gasteiger charge is -2.34. The molecule has 88 valence electrons. The third kappa shape index (κ3) is 2.57. The Kier molecular flexibility index (Phi) is 3.51. The molecule has 0 radical (unpaired) electrons. The summed E-state index contributed by atoms with van der Waals surface area (Å²) in [6.07, 6.45) is 3.61. The smallest absolute Gasteiger partial charge is 0.224 e. The SMILES string of the molecule is CC1CNCCN1C(=O)CCn1cncn1. The van der Waals surface area contributed by atoms with Crippen molar-refractivity contribution in [1.29, 1.82) is 0 Å². The molecule has 0 spiro atoms. The van der Waals surface area contributed by atoms with Crippen molar-refractivity contribution >= 4 is 5.91 Å². The van der Waals surface area contributed by atoms with E-state index in [1.807, 2.05) is 4.90 Å². The fraction of sp³-hybridized carbons (Fsp3) is 0.700. The first kappa shape index (κ1) is 11.1. The van der Waals surface area contributed by atoms with Crippen molar-refractivity contribution in [2.24, 2.45) is 0 Å². The van der Waals surface area contributed by atoms with Gasteiger partial charge in [0.1, 0.15) is 12.7 Å². The zero-order valence-electron chi connectivity index (χ0n) is 9.46. The quantitative estimate of drug-likeness (QED) is 0.749. The van der Waals surface area contributed by atoms with Gasteiger partial charge in [0.15, 0.2) is 0 Å². The predicted octanol–water partition coefficient (Wildman–Crippen LogP) is -0.511. The van der Waals surface area contributed by atoms with Crippen LogP contribution in [0.15, 0.2) is 12.7 Å². The molecule has 0 bridgehead atoms. The average Bonchev–Trinajstić information content (AvgIpc) is 2.79. The second-order valence-corrected chi connectivity index (χ2v) is 4.05. The fourth-order valence-electron chi connectivity index (χ4n) is 1.91. The summed E-state index contributed by atoms with van der Waals surface area (Å²) in [4.78, 5) is 17.7. The Balaban J connectivity index is 1.83. The van der Waals surface area contributed by atoms with Crippen LogP contribution in [0.1, 0.15) is 13.3 Å². The van der Waals surface area contributed by atoms with E-state index in [0.717, 1.165) is 19.6 Å². The summed E-state index contributed by atoms with van der Waals surface area (Å²) in [5, 5.41) is 7.24. The zero-order chi connectivity index (χ0) is 11.4. The molecule has 0 aliphatic carbocycles. The molecule has 2 heterocycles. The molecule has 1 aliphatic rings. The van der Waals surface area contributed by atoms with Crippen LogP contribution < -0.4 is 5.32 Å². The van der Waals surface area contributed by atoms with Crippen LogP contribution in [0, 0.1) is 0 Å². The molecule has 1 aromatic rings. The maximum Gasteiger partial charge on any atom is 0.224 e. The van der Waals surface area contributed by atoms with Crippen molar-refractivity contribution < 1.29 is 4.79 Å². The van der Waals surface area contributed by atoms with Crippen LogP contribution in [0.5, 0.6) is 0 Å². The Labute approximate surface area is 94.6 Å². The number of piperazine rings is 1. The minimum Gasteiger partial charge on any atom is -0.337 e. The van der Waals surface area contributed by atoms with Gasteiger partial charge in [-0.25, -0.2) is 4.98 Å². The zero-order valence-corrected chi connectivity index (χ0v) is 9.46. The van der Waals surface area contributed by atoms with E-state index in [1.165, 1.54) is 6.33 Å². The first-order valence-electron chi connectivity index (χ1n) is 5.60. The van der Waals surface area contributed by atoms with E-state index >= 15 is 0 Å². The molecule has 0 saturated carbocycles. The van der Waals surface area contributed by atoms with Crippen molar-refractivity contribution in [3.63, 3.8) is 0 Å². The van der Waals surface area contributed by atoms with Crippen LogP contribution in [-0.2, 0) is 11.3 Å². The molecule has 1 N–H and O–H groups in total. The molecule has 1 atom stereocenters. The normalized spacial score (nSPS) is 21.1. The molecule has 0 aromatic carbocycles. The van der Waals surface area contributed by atoms with Crippen molar-refractivity contribution in [3.05, 3.63) is 12.7 Å². The van der Waals surface area contributed by atoms with Crippen LogP contribution in [0.2, 0.25) is 0 Å². The van der Waals surface area contributed by atoms with Gasteiger partial charge in [0.05, 0.1) is 6.54 Å². The largest absolute Gasteiger partial charge is 0.337 e. The Morgan fingerprint density at radius 3 is 3.19 bits per heavy atom. The number of nitrogens with one attached hydrogen (secondary N) is 1. The van der Waals surface area contributed by atoms with Crippen LogP contribution in [0.25, 0.3) is 0 Å². The van der Waals surface area contributed by atoms with Crippen molar-refractivity contribution in [1.82, 2.24) is 25.0 Å². The number of nitrogens with zero attached hydrogens (tertiary/aromatic N) is 4. The summed E-state index contributed by atoms with van der Waals surface area (Å²) >= 11 is 0. The molecule has 1 aliphatic heterocycles. The van der Waals surface area contributed by atoms with Gasteiger partial charge in [0, 0.05) is 32.1 Å². The number of hydrogen-bond acceptors (Lipinski definition) is 4. The van der Waals surface area contributed by atoms with Gasteiger partial charge < -0.3 is 10.2 Å². The summed E-state index contributed by atoms with van der Waals surface area (Å²) in [5.74, 6) is 0.199. The average molecular weight is 223 g/mol. The van der Waals surface area contributed by atoms with E-state index in [4.69, 9.17) is 0 Å². The van der Waals surface area contributed by atoms with E-state index in [-0.39, 0.29) is 11.9 Å². The molecule has 6 heteroatoms. The van der Waals surface area contributed by atoms with Crippen molar-refractivity contribution in [2.45, 2.75) is 25.9 Å². The number of hydrogen-bond donors (Lipinski definition) is 1. The first-order valence-corrected chi connectivity index (χ1v) is 5.60. The summed E-state index contributed by atoms with van der Waals surface area (Å²) in [6, 6.07) is 0.289. The van der Waals surface area contributed by atoms with Gasteiger partial charge in [-0.15, -0.1) is 0 Å². The minimum atomic E-state index is 0.199. The Morgan fingerprint density at radius 1 is 1.62 bits per heavy atom. The maximum atomic E-state index is 11.9. The standard InChI is InChI=1S/C10H17N5O/c1-9-6-11-3-5-15(9)10(16)2-4-14-8-12-7-13-14/h7-9,11H,2-6H2,1H3. The summed E-state index contributed by atoms with van der Waals surface area (Å²) in [7, 11) is 0. The molecule has 1 amide bonds. The molecular formula is C10H17N5O. The van der Waals surface area contributed by atoms with Gasteiger partial charge in [-0.1, -0.05) is 0 Å². The molecular weight excluding hydrogens is 206 g/mol. The molecule has 1 fully saturated rings. The third-order valence-corrected chi connectivity index (χ3v) is 2.84. The fourth-order valence-corrected chi connectivity index (χ4v) is 1.91.